The first kappa shape index (κ1) is 23.4. The van der Waals surface area contributed by atoms with Gasteiger partial charge in [0, 0.05) is 4.47 Å². The molecule has 0 unspecified atom stereocenters. The van der Waals surface area contributed by atoms with Gasteiger partial charge in [-0.3, -0.25) is 4.79 Å². The highest BCUT2D eigenvalue weighted by Crippen LogP contribution is 2.34. The molecule has 6 nitrogen and oxygen atoms in total. The lowest BCUT2D eigenvalue weighted by molar-refractivity contribution is 0.267. The molecule has 0 fully saturated rings. The number of halogens is 2. The van der Waals surface area contributed by atoms with Crippen LogP contribution < -0.4 is 15.0 Å². The van der Waals surface area contributed by atoms with Gasteiger partial charge in [0.15, 0.2) is 11.5 Å². The summed E-state index contributed by atoms with van der Waals surface area (Å²) in [5, 5.41) is 4.92. The fourth-order valence-corrected chi connectivity index (χ4v) is 4.46. The molecule has 8 heteroatoms. The Morgan fingerprint density at radius 1 is 1.12 bits per heavy atom. The van der Waals surface area contributed by atoms with E-state index in [9.17, 15) is 4.79 Å². The van der Waals surface area contributed by atoms with Crippen LogP contribution in [0.1, 0.15) is 23.9 Å². The summed E-state index contributed by atoms with van der Waals surface area (Å²) in [7, 11) is 0. The van der Waals surface area contributed by atoms with E-state index in [1.807, 2.05) is 61.5 Å². The van der Waals surface area contributed by atoms with Crippen LogP contribution in [0.4, 0.5) is 0 Å². The molecule has 0 saturated carbocycles. The summed E-state index contributed by atoms with van der Waals surface area (Å²) < 4.78 is 14.9. The number of rotatable bonds is 7. The Morgan fingerprint density at radius 3 is 2.67 bits per heavy atom. The molecule has 0 N–H and O–H groups in total. The average Bonchev–Trinajstić information content (AvgIpc) is 2.80. The molecule has 0 saturated heterocycles. The van der Waals surface area contributed by atoms with Gasteiger partial charge in [0.1, 0.15) is 12.4 Å². The van der Waals surface area contributed by atoms with Gasteiger partial charge in [-0.25, -0.2) is 4.98 Å². The van der Waals surface area contributed by atoms with Crippen LogP contribution in [0.2, 0.25) is 0 Å². The van der Waals surface area contributed by atoms with Crippen molar-refractivity contribution in [2.24, 2.45) is 5.10 Å². The van der Waals surface area contributed by atoms with Crippen LogP contribution in [0.15, 0.2) is 75.0 Å². The smallest absolute Gasteiger partial charge is 0.282 e. The summed E-state index contributed by atoms with van der Waals surface area (Å²) in [6.45, 7) is 4.63. The number of nitrogens with zero attached hydrogens (tertiary/aromatic N) is 3. The van der Waals surface area contributed by atoms with Crippen molar-refractivity contribution < 1.29 is 9.47 Å². The van der Waals surface area contributed by atoms with Crippen LogP contribution in [0.5, 0.6) is 11.5 Å². The minimum Gasteiger partial charge on any atom is -0.490 e. The zero-order chi connectivity index (χ0) is 23.4. The second-order valence-corrected chi connectivity index (χ2v) is 9.30. The van der Waals surface area contributed by atoms with E-state index in [0.29, 0.717) is 41.4 Å². The van der Waals surface area contributed by atoms with Crippen molar-refractivity contribution in [1.29, 1.82) is 0 Å². The molecule has 1 heterocycles. The second kappa shape index (κ2) is 10.5. The topological polar surface area (TPSA) is 65.7 Å². The summed E-state index contributed by atoms with van der Waals surface area (Å²) in [5.41, 5.74) is 2.28. The van der Waals surface area contributed by atoms with Crippen LogP contribution in [0, 0.1) is 10.5 Å². The third-order valence-electron chi connectivity index (χ3n) is 4.85. The third kappa shape index (κ3) is 5.44. The van der Waals surface area contributed by atoms with Gasteiger partial charge in [0.2, 0.25) is 0 Å². The zero-order valence-corrected chi connectivity index (χ0v) is 21.8. The van der Waals surface area contributed by atoms with E-state index in [-0.39, 0.29) is 5.56 Å². The molecule has 4 rings (SSSR count). The van der Waals surface area contributed by atoms with E-state index in [0.717, 1.165) is 19.2 Å². The Bertz CT molecular complexity index is 1390. The normalized spacial score (nSPS) is 11.3. The monoisotopic (exact) mass is 617 g/mol. The number of aryl methyl sites for hydroxylation is 1. The van der Waals surface area contributed by atoms with Crippen molar-refractivity contribution in [2.75, 3.05) is 6.61 Å². The van der Waals surface area contributed by atoms with Gasteiger partial charge in [-0.2, -0.15) is 9.78 Å². The molecule has 0 aliphatic rings. The Morgan fingerprint density at radius 2 is 1.91 bits per heavy atom. The van der Waals surface area contributed by atoms with Crippen molar-refractivity contribution in [1.82, 2.24) is 9.66 Å². The number of ether oxygens (including phenoxy) is 2. The van der Waals surface area contributed by atoms with Gasteiger partial charge in [0.25, 0.3) is 5.56 Å². The van der Waals surface area contributed by atoms with E-state index >= 15 is 0 Å². The highest BCUT2D eigenvalue weighted by molar-refractivity contribution is 14.1. The van der Waals surface area contributed by atoms with E-state index < -0.39 is 0 Å². The highest BCUT2D eigenvalue weighted by Gasteiger charge is 2.13. The first-order valence-corrected chi connectivity index (χ1v) is 12.2. The standard InChI is InChI=1S/C25H21BrIN3O3/c1-3-32-23-12-18(11-21(27)24(23)33-15-17-7-5-4-6-8-17)14-28-30-16(2)29-22-10-9-19(26)13-20(22)25(30)31/h4-14H,3,15H2,1-2H3. The lowest BCUT2D eigenvalue weighted by Gasteiger charge is -2.15. The van der Waals surface area contributed by atoms with Gasteiger partial charge >= 0.3 is 0 Å². The number of hydrogen-bond donors (Lipinski definition) is 0. The lowest BCUT2D eigenvalue weighted by atomic mass is 10.2. The van der Waals surface area contributed by atoms with Gasteiger partial charge < -0.3 is 9.47 Å². The first-order chi connectivity index (χ1) is 16.0. The molecule has 0 bridgehead atoms. The molecular formula is C25H21BrIN3O3. The largest absolute Gasteiger partial charge is 0.490 e. The summed E-state index contributed by atoms with van der Waals surface area (Å²) in [6, 6.07) is 19.2. The van der Waals surface area contributed by atoms with Crippen LogP contribution in [0.3, 0.4) is 0 Å². The third-order valence-corrected chi connectivity index (χ3v) is 6.14. The minimum absolute atomic E-state index is 0.224. The predicted molar refractivity (Wildman–Crippen MR) is 143 cm³/mol. The molecule has 168 valence electrons. The molecular weight excluding hydrogens is 597 g/mol. The van der Waals surface area contributed by atoms with Gasteiger partial charge in [-0.15, -0.1) is 0 Å². The number of aromatic nitrogens is 2. The molecule has 0 aliphatic heterocycles. The number of benzene rings is 3. The molecule has 33 heavy (non-hydrogen) atoms. The predicted octanol–water partition coefficient (Wildman–Crippen LogP) is 5.93. The molecule has 0 spiro atoms. The van der Waals surface area contributed by atoms with Crippen molar-refractivity contribution in [3.8, 4) is 11.5 Å². The van der Waals surface area contributed by atoms with Crippen LogP contribution in [-0.2, 0) is 6.61 Å². The average molecular weight is 618 g/mol. The van der Waals surface area contributed by atoms with Crippen LogP contribution >= 0.6 is 38.5 Å². The summed E-state index contributed by atoms with van der Waals surface area (Å²) >= 11 is 5.63. The van der Waals surface area contributed by atoms with Crippen LogP contribution in [-0.4, -0.2) is 22.5 Å². The molecule has 4 aromatic rings. The lowest BCUT2D eigenvalue weighted by Crippen LogP contribution is -2.20. The first-order valence-electron chi connectivity index (χ1n) is 10.3. The minimum atomic E-state index is -0.224. The van der Waals surface area contributed by atoms with Gasteiger partial charge in [0.05, 0.1) is 27.3 Å². The molecule has 1 aromatic heterocycles. The van der Waals surface area contributed by atoms with Gasteiger partial charge in [-0.05, 0) is 77.9 Å². The Labute approximate surface area is 213 Å². The quantitative estimate of drug-likeness (QED) is 0.190. The Hall–Kier alpha value is -2.72. The van der Waals surface area contributed by atoms with E-state index in [1.165, 1.54) is 4.68 Å². The molecule has 0 amide bonds. The number of hydrogen-bond acceptors (Lipinski definition) is 5. The molecule has 3 aromatic carbocycles. The highest BCUT2D eigenvalue weighted by atomic mass is 127. The van der Waals surface area contributed by atoms with Crippen molar-refractivity contribution in [3.63, 3.8) is 0 Å². The summed E-state index contributed by atoms with van der Waals surface area (Å²) in [6.07, 6.45) is 1.63. The maximum Gasteiger partial charge on any atom is 0.282 e. The Balaban J connectivity index is 1.66. The summed E-state index contributed by atoms with van der Waals surface area (Å²) in [5.74, 6) is 1.82. The van der Waals surface area contributed by atoms with E-state index in [2.05, 4.69) is 48.6 Å². The van der Waals surface area contributed by atoms with Crippen molar-refractivity contribution in [2.45, 2.75) is 20.5 Å². The maximum atomic E-state index is 13.0. The zero-order valence-electron chi connectivity index (χ0n) is 18.1. The van der Waals surface area contributed by atoms with Gasteiger partial charge in [-0.1, -0.05) is 46.3 Å². The second-order valence-electron chi connectivity index (χ2n) is 7.22. The molecule has 0 aliphatic carbocycles. The van der Waals surface area contributed by atoms with Crippen molar-refractivity contribution >= 4 is 55.6 Å². The molecule has 0 radical (unpaired) electrons. The summed E-state index contributed by atoms with van der Waals surface area (Å²) in [4.78, 5) is 17.5. The Kier molecular flexibility index (Phi) is 7.44. The molecule has 0 atom stereocenters. The van der Waals surface area contributed by atoms with Crippen molar-refractivity contribution in [3.05, 3.63) is 96.0 Å². The number of fused-ring (bicyclic) bond motifs is 1. The van der Waals surface area contributed by atoms with E-state index in [1.54, 1.807) is 19.2 Å². The maximum absolute atomic E-state index is 13.0. The fraction of sp³-hybridized carbons (Fsp3) is 0.160. The van der Waals surface area contributed by atoms with E-state index in [4.69, 9.17) is 9.47 Å². The SMILES string of the molecule is CCOc1cc(C=Nn2c(C)nc3ccc(Br)cc3c2=O)cc(I)c1OCc1ccccc1. The van der Waals surface area contributed by atoms with Crippen LogP contribution in [0.25, 0.3) is 10.9 Å². The fourth-order valence-electron chi connectivity index (χ4n) is 3.32.